The number of para-hydroxylation sites is 2. The van der Waals surface area contributed by atoms with Gasteiger partial charge in [0, 0.05) is 18.2 Å². The van der Waals surface area contributed by atoms with Gasteiger partial charge in [-0.1, -0.05) is 79.9 Å². The lowest BCUT2D eigenvalue weighted by molar-refractivity contribution is -0.135. The highest BCUT2D eigenvalue weighted by atomic mass is 16.2. The van der Waals surface area contributed by atoms with Crippen molar-refractivity contribution in [1.29, 1.82) is 0 Å². The number of nitrogens with zero attached hydrogens (tertiary/aromatic N) is 3. The molecule has 0 aliphatic heterocycles. The monoisotopic (exact) mass is 494 g/mol. The first kappa shape index (κ1) is 24.8. The number of carbonyl (C=O) groups is 2. The van der Waals surface area contributed by atoms with Gasteiger partial charge in [0.15, 0.2) is 0 Å². The minimum absolute atomic E-state index is 0.0849. The number of hydrogen-bond donors (Lipinski definition) is 1. The number of fused-ring (bicyclic) bond motifs is 1. The van der Waals surface area contributed by atoms with Crippen LogP contribution in [0.15, 0.2) is 84.9 Å². The molecular formula is C31H34N4O2. The van der Waals surface area contributed by atoms with Crippen molar-refractivity contribution in [2.75, 3.05) is 0 Å². The molecule has 2 amide bonds. The molecule has 1 N–H and O–H groups in total. The van der Waals surface area contributed by atoms with Crippen LogP contribution in [0.3, 0.4) is 0 Å². The maximum absolute atomic E-state index is 14.0. The van der Waals surface area contributed by atoms with E-state index in [0.717, 1.165) is 42.3 Å². The maximum atomic E-state index is 14.0. The summed E-state index contributed by atoms with van der Waals surface area (Å²) in [6.07, 6.45) is 5.63. The SMILES string of the molecule is CC(NC(=O)c1ccccc1)c1nc2ccccc2n1CC(=O)N(Cc1ccccc1)C1CCCCC1. The summed E-state index contributed by atoms with van der Waals surface area (Å²) in [5.41, 5.74) is 3.45. The zero-order valence-electron chi connectivity index (χ0n) is 21.3. The van der Waals surface area contributed by atoms with Gasteiger partial charge in [-0.15, -0.1) is 0 Å². The van der Waals surface area contributed by atoms with Gasteiger partial charge < -0.3 is 14.8 Å². The van der Waals surface area contributed by atoms with Crippen LogP contribution in [0.5, 0.6) is 0 Å². The second-order valence-corrected chi connectivity index (χ2v) is 9.91. The quantitative estimate of drug-likeness (QED) is 0.332. The van der Waals surface area contributed by atoms with Crippen molar-refractivity contribution < 1.29 is 9.59 Å². The molecule has 37 heavy (non-hydrogen) atoms. The van der Waals surface area contributed by atoms with Crippen molar-refractivity contribution in [1.82, 2.24) is 19.8 Å². The molecule has 190 valence electrons. The average molecular weight is 495 g/mol. The minimum atomic E-state index is -0.370. The highest BCUT2D eigenvalue weighted by Gasteiger charge is 2.28. The number of imidazole rings is 1. The third kappa shape index (κ3) is 5.74. The second-order valence-electron chi connectivity index (χ2n) is 9.91. The molecule has 5 rings (SSSR count). The zero-order valence-corrected chi connectivity index (χ0v) is 21.3. The van der Waals surface area contributed by atoms with Crippen LogP contribution < -0.4 is 5.32 Å². The van der Waals surface area contributed by atoms with Crippen LogP contribution in [0.4, 0.5) is 0 Å². The minimum Gasteiger partial charge on any atom is -0.342 e. The fourth-order valence-electron chi connectivity index (χ4n) is 5.34. The van der Waals surface area contributed by atoms with E-state index in [9.17, 15) is 9.59 Å². The molecule has 0 radical (unpaired) electrons. The first-order chi connectivity index (χ1) is 18.1. The summed E-state index contributed by atoms with van der Waals surface area (Å²) in [6.45, 7) is 2.71. The van der Waals surface area contributed by atoms with Gasteiger partial charge in [0.2, 0.25) is 5.91 Å². The molecule has 1 unspecified atom stereocenters. The lowest BCUT2D eigenvalue weighted by Gasteiger charge is -2.35. The highest BCUT2D eigenvalue weighted by Crippen LogP contribution is 2.26. The van der Waals surface area contributed by atoms with Crippen molar-refractivity contribution in [3.05, 3.63) is 102 Å². The normalized spacial score (nSPS) is 14.8. The zero-order chi connectivity index (χ0) is 25.6. The third-order valence-electron chi connectivity index (χ3n) is 7.28. The summed E-state index contributed by atoms with van der Waals surface area (Å²) in [7, 11) is 0. The summed E-state index contributed by atoms with van der Waals surface area (Å²) >= 11 is 0. The number of nitrogens with one attached hydrogen (secondary N) is 1. The second kappa shape index (κ2) is 11.4. The van der Waals surface area contributed by atoms with Crippen molar-refractivity contribution in [2.24, 2.45) is 0 Å². The Labute approximate surface area is 218 Å². The highest BCUT2D eigenvalue weighted by molar-refractivity contribution is 5.94. The van der Waals surface area contributed by atoms with Gasteiger partial charge in [-0.2, -0.15) is 0 Å². The predicted molar refractivity (Wildman–Crippen MR) is 146 cm³/mol. The Kier molecular flexibility index (Phi) is 7.64. The van der Waals surface area contributed by atoms with E-state index in [1.165, 1.54) is 6.42 Å². The maximum Gasteiger partial charge on any atom is 0.251 e. The Morgan fingerprint density at radius 1 is 0.919 bits per heavy atom. The summed E-state index contributed by atoms with van der Waals surface area (Å²) < 4.78 is 1.98. The average Bonchev–Trinajstić information content (AvgIpc) is 3.31. The number of benzene rings is 3. The van der Waals surface area contributed by atoms with Crippen LogP contribution in [-0.2, 0) is 17.9 Å². The van der Waals surface area contributed by atoms with Crippen LogP contribution in [0.1, 0.15) is 66.8 Å². The Hall–Kier alpha value is -3.93. The van der Waals surface area contributed by atoms with Gasteiger partial charge in [-0.05, 0) is 49.6 Å². The van der Waals surface area contributed by atoms with Crippen LogP contribution in [0.25, 0.3) is 11.0 Å². The number of aromatic nitrogens is 2. The van der Waals surface area contributed by atoms with E-state index >= 15 is 0 Å². The third-order valence-corrected chi connectivity index (χ3v) is 7.28. The van der Waals surface area contributed by atoms with E-state index in [1.807, 2.05) is 72.2 Å². The molecule has 6 nitrogen and oxygen atoms in total. The smallest absolute Gasteiger partial charge is 0.251 e. The molecule has 1 aliphatic rings. The van der Waals surface area contributed by atoms with E-state index in [-0.39, 0.29) is 30.4 Å². The topological polar surface area (TPSA) is 67.2 Å². The van der Waals surface area contributed by atoms with Crippen LogP contribution in [-0.4, -0.2) is 32.3 Å². The molecule has 1 heterocycles. The Balaban J connectivity index is 1.43. The largest absolute Gasteiger partial charge is 0.342 e. The molecule has 1 aromatic heterocycles. The van der Waals surface area contributed by atoms with E-state index < -0.39 is 0 Å². The van der Waals surface area contributed by atoms with E-state index in [4.69, 9.17) is 4.98 Å². The molecular weight excluding hydrogens is 460 g/mol. The molecule has 0 bridgehead atoms. The fraction of sp³-hybridized carbons (Fsp3) is 0.323. The molecule has 1 aliphatic carbocycles. The molecule has 1 atom stereocenters. The van der Waals surface area contributed by atoms with Crippen LogP contribution >= 0.6 is 0 Å². The number of rotatable bonds is 8. The standard InChI is InChI=1S/C31H34N4O2/c1-23(32-31(37)25-15-7-3-8-16-25)30-33-27-19-11-12-20-28(27)35(30)22-29(36)34(26-17-9-4-10-18-26)21-24-13-5-2-6-14-24/h2-3,5-8,11-16,19-20,23,26H,4,9-10,17-18,21-22H2,1H3,(H,32,37). The molecule has 3 aromatic carbocycles. The molecule has 6 heteroatoms. The van der Waals surface area contributed by atoms with Gasteiger partial charge in [0.25, 0.3) is 5.91 Å². The van der Waals surface area contributed by atoms with Crippen LogP contribution in [0.2, 0.25) is 0 Å². The van der Waals surface area contributed by atoms with Crippen molar-refractivity contribution in [3.8, 4) is 0 Å². The van der Waals surface area contributed by atoms with E-state index in [0.29, 0.717) is 17.9 Å². The Bertz CT molecular complexity index is 1340. The van der Waals surface area contributed by atoms with Gasteiger partial charge in [0.1, 0.15) is 12.4 Å². The van der Waals surface area contributed by atoms with Crippen molar-refractivity contribution >= 4 is 22.8 Å². The first-order valence-corrected chi connectivity index (χ1v) is 13.2. The summed E-state index contributed by atoms with van der Waals surface area (Å²) in [5.74, 6) is 0.606. The molecule has 1 fully saturated rings. The van der Waals surface area contributed by atoms with Gasteiger partial charge in [0.05, 0.1) is 17.1 Å². The fourth-order valence-corrected chi connectivity index (χ4v) is 5.34. The summed E-state index contributed by atoms with van der Waals surface area (Å²) in [4.78, 5) is 33.8. The van der Waals surface area contributed by atoms with Gasteiger partial charge in [-0.3, -0.25) is 9.59 Å². The first-order valence-electron chi connectivity index (χ1n) is 13.2. The Morgan fingerprint density at radius 2 is 1.57 bits per heavy atom. The van der Waals surface area contributed by atoms with Crippen molar-refractivity contribution in [2.45, 2.75) is 64.2 Å². The number of amides is 2. The van der Waals surface area contributed by atoms with Gasteiger partial charge in [-0.25, -0.2) is 4.98 Å². The van der Waals surface area contributed by atoms with E-state index in [2.05, 4.69) is 22.3 Å². The lowest BCUT2D eigenvalue weighted by Crippen LogP contribution is -2.43. The predicted octanol–water partition coefficient (Wildman–Crippen LogP) is 5.89. The molecule has 1 saturated carbocycles. The lowest BCUT2D eigenvalue weighted by atomic mass is 9.93. The summed E-state index contributed by atoms with van der Waals surface area (Å²) in [5, 5.41) is 3.07. The van der Waals surface area contributed by atoms with E-state index in [1.54, 1.807) is 12.1 Å². The van der Waals surface area contributed by atoms with Crippen molar-refractivity contribution in [3.63, 3.8) is 0 Å². The van der Waals surface area contributed by atoms with Gasteiger partial charge >= 0.3 is 0 Å². The summed E-state index contributed by atoms with van der Waals surface area (Å²) in [6, 6.07) is 27.1. The number of hydrogen-bond acceptors (Lipinski definition) is 3. The molecule has 4 aromatic rings. The van der Waals surface area contributed by atoms with Crippen LogP contribution in [0, 0.1) is 0 Å². The molecule has 0 spiro atoms. The number of carbonyl (C=O) groups excluding carboxylic acids is 2. The molecule has 0 saturated heterocycles. The Morgan fingerprint density at radius 3 is 2.30 bits per heavy atom.